The largest absolute Gasteiger partial charge is 0.503 e. The number of aliphatic hydroxyl groups is 1. The van der Waals surface area contributed by atoms with Crippen molar-refractivity contribution in [2.45, 2.75) is 31.7 Å². The molecule has 1 amide bonds. The Labute approximate surface area is 184 Å². The molecule has 1 aliphatic heterocycles. The highest BCUT2D eigenvalue weighted by atomic mass is 19.1. The molecule has 0 unspecified atom stereocenters. The predicted octanol–water partition coefficient (Wildman–Crippen LogP) is 3.31. The average molecular weight is 439 g/mol. The lowest BCUT2D eigenvalue weighted by Gasteiger charge is -2.43. The van der Waals surface area contributed by atoms with Gasteiger partial charge >= 0.3 is 0 Å². The van der Waals surface area contributed by atoms with Crippen LogP contribution in [0.25, 0.3) is 0 Å². The molecule has 1 saturated heterocycles. The Balaban J connectivity index is 1.99. The van der Waals surface area contributed by atoms with Gasteiger partial charge in [-0.05, 0) is 47.2 Å². The number of nitrogens with zero attached hydrogens (tertiary/aromatic N) is 3. The number of ketones is 1. The molecule has 4 rings (SSSR count). The van der Waals surface area contributed by atoms with Crippen LogP contribution in [-0.2, 0) is 22.4 Å². The second-order valence-corrected chi connectivity index (χ2v) is 8.09. The van der Waals surface area contributed by atoms with E-state index in [1.165, 1.54) is 22.0 Å². The van der Waals surface area contributed by atoms with Gasteiger partial charge in [0, 0.05) is 33.2 Å². The zero-order valence-corrected chi connectivity index (χ0v) is 17.8. The lowest BCUT2D eigenvalue weighted by atomic mass is 9.81. The van der Waals surface area contributed by atoms with Crippen molar-refractivity contribution < 1.29 is 23.5 Å². The van der Waals surface area contributed by atoms with Crippen LogP contribution >= 0.6 is 0 Å². The number of aliphatic hydroxyl groups excluding tert-OH is 1. The number of hydrogen-bond acceptors (Lipinski definition) is 5. The first-order valence-corrected chi connectivity index (χ1v) is 10.3. The summed E-state index contributed by atoms with van der Waals surface area (Å²) in [5.74, 6) is -3.39. The molecule has 2 aromatic rings. The average Bonchev–Trinajstić information content (AvgIpc) is 2.93. The van der Waals surface area contributed by atoms with Gasteiger partial charge in [0.25, 0.3) is 5.91 Å². The molecule has 0 bridgehead atoms. The van der Waals surface area contributed by atoms with Gasteiger partial charge in [-0.25, -0.2) is 8.78 Å². The SMILES string of the molecule is C=NN1/C(=C(/O)C(C)=O)C(=O)N(C)C[C@H]1C1c2cccc(F)c2CCc2c(F)cccc21. The van der Waals surface area contributed by atoms with Crippen molar-refractivity contribution in [3.05, 3.63) is 81.7 Å². The van der Waals surface area contributed by atoms with Crippen molar-refractivity contribution in [2.24, 2.45) is 5.10 Å². The zero-order chi connectivity index (χ0) is 23.2. The van der Waals surface area contributed by atoms with Gasteiger partial charge in [-0.15, -0.1) is 0 Å². The smallest absolute Gasteiger partial charge is 0.275 e. The molecule has 1 heterocycles. The van der Waals surface area contributed by atoms with Crippen LogP contribution in [0.5, 0.6) is 0 Å². The van der Waals surface area contributed by atoms with E-state index in [1.807, 2.05) is 0 Å². The number of likely N-dealkylation sites (N-methyl/N-ethyl adjacent to an activating group) is 1. The Bertz CT molecular complexity index is 1110. The molecule has 0 saturated carbocycles. The fourth-order valence-electron chi connectivity index (χ4n) is 4.78. The van der Waals surface area contributed by atoms with Crippen LogP contribution < -0.4 is 0 Å². The summed E-state index contributed by atoms with van der Waals surface area (Å²) in [7, 11) is 1.54. The number of hydrazone groups is 1. The van der Waals surface area contributed by atoms with E-state index in [9.17, 15) is 23.5 Å². The maximum absolute atomic E-state index is 14.8. The maximum atomic E-state index is 14.8. The highest BCUT2D eigenvalue weighted by Crippen LogP contribution is 2.42. The van der Waals surface area contributed by atoms with E-state index >= 15 is 0 Å². The maximum Gasteiger partial charge on any atom is 0.275 e. The van der Waals surface area contributed by atoms with Crippen molar-refractivity contribution in [3.63, 3.8) is 0 Å². The van der Waals surface area contributed by atoms with E-state index in [0.29, 0.717) is 35.1 Å². The molecule has 1 aliphatic carbocycles. The van der Waals surface area contributed by atoms with Gasteiger partial charge in [0.1, 0.15) is 11.6 Å². The van der Waals surface area contributed by atoms with Crippen LogP contribution in [0.15, 0.2) is 53.0 Å². The lowest BCUT2D eigenvalue weighted by Crippen LogP contribution is -2.54. The van der Waals surface area contributed by atoms with Crippen molar-refractivity contribution >= 4 is 18.4 Å². The minimum absolute atomic E-state index is 0.142. The normalized spacial score (nSPS) is 20.4. The molecule has 2 aromatic carbocycles. The predicted molar refractivity (Wildman–Crippen MR) is 115 cm³/mol. The number of rotatable bonds is 3. The molecule has 166 valence electrons. The van der Waals surface area contributed by atoms with E-state index in [1.54, 1.807) is 31.3 Å². The van der Waals surface area contributed by atoms with Gasteiger partial charge in [-0.2, -0.15) is 5.10 Å². The van der Waals surface area contributed by atoms with Crippen LogP contribution in [0.1, 0.15) is 35.1 Å². The fourth-order valence-corrected chi connectivity index (χ4v) is 4.78. The number of halogens is 2. The van der Waals surface area contributed by atoms with E-state index in [4.69, 9.17) is 0 Å². The third-order valence-corrected chi connectivity index (χ3v) is 6.25. The Morgan fingerprint density at radius 1 is 1.09 bits per heavy atom. The van der Waals surface area contributed by atoms with Crippen molar-refractivity contribution in [1.82, 2.24) is 9.91 Å². The van der Waals surface area contributed by atoms with Gasteiger partial charge in [0.15, 0.2) is 17.2 Å². The molecule has 0 spiro atoms. The van der Waals surface area contributed by atoms with Gasteiger partial charge in [0.05, 0.1) is 6.04 Å². The van der Waals surface area contributed by atoms with Crippen LogP contribution in [0, 0.1) is 11.6 Å². The van der Waals surface area contributed by atoms with E-state index in [2.05, 4.69) is 11.8 Å². The van der Waals surface area contributed by atoms with Crippen LogP contribution in [0.3, 0.4) is 0 Å². The summed E-state index contributed by atoms with van der Waals surface area (Å²) in [5, 5.41) is 15.6. The van der Waals surface area contributed by atoms with Crippen LogP contribution in [0.4, 0.5) is 8.78 Å². The molecule has 1 fully saturated rings. The van der Waals surface area contributed by atoms with Gasteiger partial charge in [0.2, 0.25) is 0 Å². The third-order valence-electron chi connectivity index (χ3n) is 6.25. The number of allylic oxidation sites excluding steroid dienone is 1. The molecule has 6 nitrogen and oxygen atoms in total. The van der Waals surface area contributed by atoms with Gasteiger partial charge in [-0.3, -0.25) is 14.6 Å². The molecular formula is C24H23F2N3O3. The Morgan fingerprint density at radius 2 is 1.62 bits per heavy atom. The number of benzene rings is 2. The van der Waals surface area contributed by atoms with Crippen LogP contribution in [0.2, 0.25) is 0 Å². The van der Waals surface area contributed by atoms with Crippen molar-refractivity contribution in [1.29, 1.82) is 0 Å². The first-order valence-electron chi connectivity index (χ1n) is 10.3. The highest BCUT2D eigenvalue weighted by molar-refractivity contribution is 6.03. The summed E-state index contributed by atoms with van der Waals surface area (Å²) >= 11 is 0. The number of fused-ring (bicyclic) bond motifs is 2. The minimum Gasteiger partial charge on any atom is -0.503 e. The molecule has 0 radical (unpaired) electrons. The second-order valence-electron chi connectivity index (χ2n) is 8.09. The summed E-state index contributed by atoms with van der Waals surface area (Å²) in [6, 6.07) is 8.84. The standard InChI is InChI=1S/C24H23F2N3O3/c1-13(30)23(31)22-24(32)28(3)12-20(29(22)27-2)21-16-6-4-8-18(25)14(16)10-11-15-17(21)7-5-9-19(15)26/h4-9,20-21,31H,2,10-12H2,1,3H3/b23-22+/t20-/m0/s1. The quantitative estimate of drug-likeness (QED) is 0.453. The van der Waals surface area contributed by atoms with Gasteiger partial charge < -0.3 is 10.0 Å². The molecule has 0 aromatic heterocycles. The molecule has 32 heavy (non-hydrogen) atoms. The zero-order valence-electron chi connectivity index (χ0n) is 17.8. The van der Waals surface area contributed by atoms with Crippen molar-refractivity contribution in [3.8, 4) is 0 Å². The van der Waals surface area contributed by atoms with Crippen molar-refractivity contribution in [2.75, 3.05) is 13.6 Å². The monoisotopic (exact) mass is 439 g/mol. The number of carbonyl (C=O) groups excluding carboxylic acids is 2. The third kappa shape index (κ3) is 3.36. The first-order chi connectivity index (χ1) is 15.3. The summed E-state index contributed by atoms with van der Waals surface area (Å²) in [6.07, 6.45) is 0.633. The molecule has 8 heteroatoms. The Hall–Kier alpha value is -3.55. The Kier molecular flexibility index (Phi) is 5.54. The Morgan fingerprint density at radius 3 is 2.09 bits per heavy atom. The number of piperazine rings is 1. The second kappa shape index (κ2) is 8.18. The van der Waals surface area contributed by atoms with E-state index in [-0.39, 0.29) is 23.9 Å². The highest BCUT2D eigenvalue weighted by Gasteiger charge is 2.44. The summed E-state index contributed by atoms with van der Waals surface area (Å²) in [5.41, 5.74) is 1.94. The van der Waals surface area contributed by atoms with Gasteiger partial charge in [-0.1, -0.05) is 24.3 Å². The molecule has 2 aliphatic rings. The van der Waals surface area contributed by atoms with E-state index in [0.717, 1.165) is 6.92 Å². The molecule has 1 atom stereocenters. The molecular weight excluding hydrogens is 416 g/mol. The number of amides is 1. The number of Topliss-reactive ketones (excluding diaryl/α,β-unsaturated/α-hetero) is 1. The number of hydrogen-bond donors (Lipinski definition) is 1. The molecule has 1 N–H and O–H groups in total. The topological polar surface area (TPSA) is 73.2 Å². The lowest BCUT2D eigenvalue weighted by molar-refractivity contribution is -0.133. The summed E-state index contributed by atoms with van der Waals surface area (Å²) in [4.78, 5) is 26.1. The van der Waals surface area contributed by atoms with Crippen LogP contribution in [-0.4, -0.2) is 53.1 Å². The van der Waals surface area contributed by atoms with E-state index < -0.39 is 29.4 Å². The number of carbonyl (C=O) groups is 2. The summed E-state index contributed by atoms with van der Waals surface area (Å²) < 4.78 is 29.7. The summed E-state index contributed by atoms with van der Waals surface area (Å²) in [6.45, 7) is 4.83. The fraction of sp³-hybridized carbons (Fsp3) is 0.292. The minimum atomic E-state index is -0.730. The first kappa shape index (κ1) is 21.7.